The fourth-order valence-corrected chi connectivity index (χ4v) is 4.80. The number of rotatable bonds is 4. The fraction of sp³-hybridized carbons (Fsp3) is 0.440. The van der Waals surface area contributed by atoms with Crippen molar-refractivity contribution in [1.82, 2.24) is 9.55 Å². The lowest BCUT2D eigenvalue weighted by molar-refractivity contribution is 0.0876. The number of benzene rings is 1. The van der Waals surface area contributed by atoms with Crippen LogP contribution in [-0.4, -0.2) is 22.4 Å². The van der Waals surface area contributed by atoms with Crippen molar-refractivity contribution in [1.29, 1.82) is 0 Å². The largest absolute Gasteiger partial charge is 0.497 e. The summed E-state index contributed by atoms with van der Waals surface area (Å²) in [6.45, 7) is 4.63. The first kappa shape index (κ1) is 19.7. The molecule has 4 nitrogen and oxygen atoms in total. The molecule has 2 heterocycles. The number of pyridine rings is 1. The Kier molecular flexibility index (Phi) is 5.70. The van der Waals surface area contributed by atoms with Gasteiger partial charge in [0.25, 0.3) is 0 Å². The lowest BCUT2D eigenvalue weighted by Gasteiger charge is -2.26. The Labute approximate surface area is 172 Å². The predicted molar refractivity (Wildman–Crippen MR) is 117 cm³/mol. The molecule has 152 valence electrons. The molecule has 0 bridgehead atoms. The minimum Gasteiger partial charge on any atom is -0.497 e. The third-order valence-corrected chi connectivity index (χ3v) is 6.27. The van der Waals surface area contributed by atoms with E-state index in [1.165, 1.54) is 12.8 Å². The van der Waals surface area contributed by atoms with Crippen LogP contribution >= 0.6 is 0 Å². The number of carbonyl (C=O) groups excluding carboxylic acids is 1. The summed E-state index contributed by atoms with van der Waals surface area (Å²) < 4.78 is 7.29. The molecule has 1 aliphatic carbocycles. The number of hydrogen-bond donors (Lipinski definition) is 0. The van der Waals surface area contributed by atoms with Crippen LogP contribution in [0.3, 0.4) is 0 Å². The average molecular weight is 391 g/mol. The van der Waals surface area contributed by atoms with Crippen LogP contribution in [0.2, 0.25) is 0 Å². The molecular weight excluding hydrogens is 360 g/mol. The summed E-state index contributed by atoms with van der Waals surface area (Å²) in [6, 6.07) is 11.9. The Morgan fingerprint density at radius 1 is 1.07 bits per heavy atom. The molecule has 1 aromatic carbocycles. The monoisotopic (exact) mass is 390 g/mol. The van der Waals surface area contributed by atoms with E-state index in [1.807, 2.05) is 47.2 Å². The molecule has 3 aromatic rings. The molecule has 1 fully saturated rings. The Morgan fingerprint density at radius 2 is 1.86 bits per heavy atom. The van der Waals surface area contributed by atoms with E-state index in [2.05, 4.69) is 18.8 Å². The van der Waals surface area contributed by atoms with E-state index in [0.29, 0.717) is 5.92 Å². The van der Waals surface area contributed by atoms with Crippen molar-refractivity contribution in [2.45, 2.75) is 46.0 Å². The van der Waals surface area contributed by atoms with Crippen LogP contribution in [0, 0.1) is 17.8 Å². The number of ketones is 1. The van der Waals surface area contributed by atoms with E-state index in [0.717, 1.165) is 53.2 Å². The highest BCUT2D eigenvalue weighted by molar-refractivity contribution is 6.00. The van der Waals surface area contributed by atoms with Gasteiger partial charge in [-0.15, -0.1) is 0 Å². The maximum absolute atomic E-state index is 13.2. The van der Waals surface area contributed by atoms with Crippen molar-refractivity contribution in [2.75, 3.05) is 7.11 Å². The Bertz CT molecular complexity index is 990. The zero-order chi connectivity index (χ0) is 20.4. The van der Waals surface area contributed by atoms with E-state index in [-0.39, 0.29) is 11.7 Å². The zero-order valence-corrected chi connectivity index (χ0v) is 17.6. The van der Waals surface area contributed by atoms with Gasteiger partial charge in [-0.05, 0) is 67.5 Å². The first-order chi connectivity index (χ1) is 14.0. The van der Waals surface area contributed by atoms with Crippen molar-refractivity contribution in [2.24, 2.45) is 17.8 Å². The van der Waals surface area contributed by atoms with Crippen molar-refractivity contribution in [3.8, 4) is 11.4 Å². The van der Waals surface area contributed by atoms with Crippen LogP contribution in [0.25, 0.3) is 16.7 Å². The van der Waals surface area contributed by atoms with Gasteiger partial charge in [0.05, 0.1) is 7.11 Å². The highest BCUT2D eigenvalue weighted by Gasteiger charge is 2.26. The summed E-state index contributed by atoms with van der Waals surface area (Å²) in [4.78, 5) is 17.9. The molecule has 0 saturated heterocycles. The predicted octanol–water partition coefficient (Wildman–Crippen LogP) is 6.07. The number of carbonyl (C=O) groups is 1. The number of nitrogens with zero attached hydrogens (tertiary/aromatic N) is 2. The maximum atomic E-state index is 13.2. The topological polar surface area (TPSA) is 44.1 Å². The van der Waals surface area contributed by atoms with E-state index < -0.39 is 0 Å². The van der Waals surface area contributed by atoms with Crippen molar-refractivity contribution >= 4 is 16.8 Å². The summed E-state index contributed by atoms with van der Waals surface area (Å²) in [6.07, 6.45) is 9.37. The first-order valence-electron chi connectivity index (χ1n) is 10.7. The molecule has 1 aliphatic rings. The molecule has 2 aromatic heterocycles. The molecule has 1 unspecified atom stereocenters. The second-order valence-electron chi connectivity index (χ2n) is 8.69. The normalized spacial score (nSPS) is 22.8. The number of fused-ring (bicyclic) bond motifs is 1. The highest BCUT2D eigenvalue weighted by Crippen LogP contribution is 2.32. The Hall–Kier alpha value is -2.62. The van der Waals surface area contributed by atoms with Gasteiger partial charge in [-0.2, -0.15) is 0 Å². The molecule has 0 N–H and O–H groups in total. The zero-order valence-electron chi connectivity index (χ0n) is 17.6. The lowest BCUT2D eigenvalue weighted by atomic mass is 9.78. The van der Waals surface area contributed by atoms with Crippen LogP contribution in [-0.2, 0) is 0 Å². The summed E-state index contributed by atoms with van der Waals surface area (Å²) in [5.41, 5.74) is 2.64. The minimum absolute atomic E-state index is 0.125. The van der Waals surface area contributed by atoms with Crippen LogP contribution in [0.4, 0.5) is 0 Å². The molecule has 29 heavy (non-hydrogen) atoms. The minimum atomic E-state index is 0.125. The molecule has 0 aliphatic heterocycles. The summed E-state index contributed by atoms with van der Waals surface area (Å²) >= 11 is 0. The van der Waals surface area contributed by atoms with Gasteiger partial charge in [0.15, 0.2) is 5.78 Å². The Balaban J connectivity index is 1.58. The molecule has 0 spiro atoms. The SMILES string of the molecule is COc1ccc(-n2ccc3cc(C(=O)C4CCC[C@H](C)C[C@H](C)C4)cnc32)cc1. The van der Waals surface area contributed by atoms with Gasteiger partial charge in [-0.3, -0.25) is 4.79 Å². The molecule has 0 radical (unpaired) electrons. The van der Waals surface area contributed by atoms with Gasteiger partial charge in [-0.25, -0.2) is 4.98 Å². The number of hydrogen-bond acceptors (Lipinski definition) is 3. The van der Waals surface area contributed by atoms with Gasteiger partial charge in [0, 0.05) is 34.9 Å². The lowest BCUT2D eigenvalue weighted by Crippen LogP contribution is -2.21. The second-order valence-corrected chi connectivity index (χ2v) is 8.69. The molecule has 1 saturated carbocycles. The smallest absolute Gasteiger partial charge is 0.167 e. The van der Waals surface area contributed by atoms with Gasteiger partial charge in [0.2, 0.25) is 0 Å². The second kappa shape index (κ2) is 8.40. The standard InChI is InChI=1S/C25H30N2O2/c1-17-5-4-6-19(14-18(2)13-17)24(28)21-15-20-11-12-27(25(20)26-16-21)22-7-9-23(29-3)10-8-22/h7-12,15-19H,4-6,13-14H2,1-3H3/t17-,18-,19?/m0/s1. The van der Waals surface area contributed by atoms with E-state index in [9.17, 15) is 4.79 Å². The van der Waals surface area contributed by atoms with Crippen LogP contribution in [0.1, 0.15) is 56.3 Å². The quantitative estimate of drug-likeness (QED) is 0.508. The number of ether oxygens (including phenoxy) is 1. The van der Waals surface area contributed by atoms with Crippen LogP contribution in [0.5, 0.6) is 5.75 Å². The first-order valence-corrected chi connectivity index (χ1v) is 10.7. The van der Waals surface area contributed by atoms with Crippen molar-refractivity contribution < 1.29 is 9.53 Å². The molecule has 4 heteroatoms. The van der Waals surface area contributed by atoms with Crippen LogP contribution in [0.15, 0.2) is 48.8 Å². The number of aromatic nitrogens is 2. The highest BCUT2D eigenvalue weighted by atomic mass is 16.5. The number of methoxy groups -OCH3 is 1. The van der Waals surface area contributed by atoms with Gasteiger partial charge in [0.1, 0.15) is 11.4 Å². The molecule has 3 atom stereocenters. The van der Waals surface area contributed by atoms with Crippen LogP contribution < -0.4 is 4.74 Å². The Morgan fingerprint density at radius 3 is 2.62 bits per heavy atom. The fourth-order valence-electron chi connectivity index (χ4n) is 4.80. The van der Waals surface area contributed by atoms with E-state index in [4.69, 9.17) is 4.74 Å². The maximum Gasteiger partial charge on any atom is 0.167 e. The number of Topliss-reactive ketones (excluding diaryl/α,β-unsaturated/α-hetero) is 1. The third kappa shape index (κ3) is 4.21. The third-order valence-electron chi connectivity index (χ3n) is 6.27. The van der Waals surface area contributed by atoms with Crippen molar-refractivity contribution in [3.63, 3.8) is 0 Å². The summed E-state index contributed by atoms with van der Waals surface area (Å²) in [7, 11) is 1.66. The summed E-state index contributed by atoms with van der Waals surface area (Å²) in [5.74, 6) is 2.59. The molecule has 4 rings (SSSR count). The van der Waals surface area contributed by atoms with E-state index >= 15 is 0 Å². The van der Waals surface area contributed by atoms with Gasteiger partial charge >= 0.3 is 0 Å². The van der Waals surface area contributed by atoms with E-state index in [1.54, 1.807) is 13.3 Å². The van der Waals surface area contributed by atoms with Gasteiger partial charge < -0.3 is 9.30 Å². The van der Waals surface area contributed by atoms with Gasteiger partial charge in [-0.1, -0.05) is 26.7 Å². The summed E-state index contributed by atoms with van der Waals surface area (Å²) in [5, 5.41) is 0.999. The van der Waals surface area contributed by atoms with Crippen molar-refractivity contribution in [3.05, 3.63) is 54.4 Å². The molecule has 0 amide bonds. The molecular formula is C25H30N2O2. The average Bonchev–Trinajstić information content (AvgIpc) is 3.14.